The van der Waals surface area contributed by atoms with E-state index in [2.05, 4.69) is 24.1 Å². The van der Waals surface area contributed by atoms with Crippen LogP contribution in [0.4, 0.5) is 0 Å². The minimum Gasteiger partial charge on any atom is -0.496 e. The van der Waals surface area contributed by atoms with Gasteiger partial charge in [0.1, 0.15) is 5.75 Å². The molecule has 2 rings (SSSR count). The highest BCUT2D eigenvalue weighted by Crippen LogP contribution is 2.18. The first-order valence-electron chi connectivity index (χ1n) is 8.52. The predicted molar refractivity (Wildman–Crippen MR) is 97.9 cm³/mol. The minimum atomic E-state index is -0.176. The molecule has 0 aliphatic rings. The number of nitrogens with zero attached hydrogens (tertiary/aromatic N) is 1. The lowest BCUT2D eigenvalue weighted by Crippen LogP contribution is -2.23. The summed E-state index contributed by atoms with van der Waals surface area (Å²) in [6.07, 6.45) is 2.77. The summed E-state index contributed by atoms with van der Waals surface area (Å²) < 4.78 is 11.1. The molecule has 1 aromatic heterocycles. The lowest BCUT2D eigenvalue weighted by molar-refractivity contribution is 0.0947. The highest BCUT2D eigenvalue weighted by atomic mass is 16.5. The van der Waals surface area contributed by atoms with Crippen molar-refractivity contribution >= 4 is 5.91 Å². The number of hydrogen-bond donors (Lipinski definition) is 1. The Bertz CT molecular complexity index is 701. The fourth-order valence-corrected chi connectivity index (χ4v) is 2.65. The van der Waals surface area contributed by atoms with Crippen molar-refractivity contribution in [2.45, 2.75) is 39.8 Å². The second-order valence-corrected chi connectivity index (χ2v) is 6.44. The van der Waals surface area contributed by atoms with Crippen LogP contribution in [-0.4, -0.2) is 24.1 Å². The van der Waals surface area contributed by atoms with Gasteiger partial charge in [0, 0.05) is 18.8 Å². The Morgan fingerprint density at radius 2 is 1.96 bits per heavy atom. The number of para-hydroxylation sites is 1. The van der Waals surface area contributed by atoms with Gasteiger partial charge in [0.2, 0.25) is 5.88 Å². The third-order valence-corrected chi connectivity index (χ3v) is 3.73. The summed E-state index contributed by atoms with van der Waals surface area (Å²) in [6.45, 7) is 6.76. The summed E-state index contributed by atoms with van der Waals surface area (Å²) in [5, 5.41) is 2.90. The van der Waals surface area contributed by atoms with Crippen LogP contribution in [0.1, 0.15) is 43.1 Å². The highest BCUT2D eigenvalue weighted by molar-refractivity contribution is 5.96. The zero-order chi connectivity index (χ0) is 18.2. The van der Waals surface area contributed by atoms with Crippen LogP contribution in [-0.2, 0) is 6.54 Å². The number of aromatic nitrogens is 1. The maximum Gasteiger partial charge on any atom is 0.255 e. The van der Waals surface area contributed by atoms with Crippen molar-refractivity contribution in [1.29, 1.82) is 0 Å². The number of carbonyl (C=O) groups is 1. The lowest BCUT2D eigenvalue weighted by Gasteiger charge is -2.16. The Morgan fingerprint density at radius 1 is 1.20 bits per heavy atom. The van der Waals surface area contributed by atoms with Gasteiger partial charge < -0.3 is 14.8 Å². The normalized spacial score (nSPS) is 11.9. The van der Waals surface area contributed by atoms with Gasteiger partial charge in [-0.3, -0.25) is 4.79 Å². The van der Waals surface area contributed by atoms with E-state index in [1.54, 1.807) is 25.4 Å². The van der Waals surface area contributed by atoms with E-state index in [0.29, 0.717) is 29.7 Å². The average molecular weight is 342 g/mol. The first-order valence-corrected chi connectivity index (χ1v) is 8.52. The standard InChI is InChI=1S/C20H26N2O3/c1-14(2)11-15(3)25-19-12-16(9-10-21-19)13-22-20(23)17-7-5-6-8-18(17)24-4/h5-10,12,14-15H,11,13H2,1-4H3,(H,22,23). The van der Waals surface area contributed by atoms with E-state index in [1.807, 2.05) is 31.2 Å². The second-order valence-electron chi connectivity index (χ2n) is 6.44. The highest BCUT2D eigenvalue weighted by Gasteiger charge is 2.12. The summed E-state index contributed by atoms with van der Waals surface area (Å²) in [7, 11) is 1.55. The molecule has 0 radical (unpaired) electrons. The zero-order valence-electron chi connectivity index (χ0n) is 15.3. The molecule has 5 heteroatoms. The Kier molecular flexibility index (Phi) is 6.81. The van der Waals surface area contributed by atoms with Gasteiger partial charge in [0.05, 0.1) is 18.8 Å². The average Bonchev–Trinajstić information content (AvgIpc) is 2.59. The molecule has 0 saturated carbocycles. The number of hydrogen-bond acceptors (Lipinski definition) is 4. The quantitative estimate of drug-likeness (QED) is 0.792. The van der Waals surface area contributed by atoms with E-state index in [-0.39, 0.29) is 12.0 Å². The summed E-state index contributed by atoms with van der Waals surface area (Å²) in [5.41, 5.74) is 1.45. The van der Waals surface area contributed by atoms with Crippen LogP contribution in [0.25, 0.3) is 0 Å². The van der Waals surface area contributed by atoms with Crippen LogP contribution in [0.2, 0.25) is 0 Å². The van der Waals surface area contributed by atoms with Crippen molar-refractivity contribution in [2.24, 2.45) is 5.92 Å². The molecule has 1 unspecified atom stereocenters. The zero-order valence-corrected chi connectivity index (χ0v) is 15.3. The minimum absolute atomic E-state index is 0.103. The van der Waals surface area contributed by atoms with Crippen LogP contribution < -0.4 is 14.8 Å². The van der Waals surface area contributed by atoms with Gasteiger partial charge in [-0.05, 0) is 43.0 Å². The smallest absolute Gasteiger partial charge is 0.255 e. The van der Waals surface area contributed by atoms with E-state index >= 15 is 0 Å². The van der Waals surface area contributed by atoms with Crippen molar-refractivity contribution in [2.75, 3.05) is 7.11 Å². The first kappa shape index (κ1) is 18.8. The Labute approximate surface area is 149 Å². The van der Waals surface area contributed by atoms with Crippen molar-refractivity contribution in [3.63, 3.8) is 0 Å². The molecular weight excluding hydrogens is 316 g/mol. The maximum atomic E-state index is 12.3. The molecule has 0 bridgehead atoms. The van der Waals surface area contributed by atoms with E-state index < -0.39 is 0 Å². The number of carbonyl (C=O) groups excluding carboxylic acids is 1. The predicted octanol–water partition coefficient (Wildman–Crippen LogP) is 3.83. The Balaban J connectivity index is 1.97. The van der Waals surface area contributed by atoms with Crippen LogP contribution in [0.15, 0.2) is 42.6 Å². The molecule has 0 fully saturated rings. The number of nitrogens with one attached hydrogen (secondary N) is 1. The Hall–Kier alpha value is -2.56. The van der Waals surface area contributed by atoms with Crippen molar-refractivity contribution in [1.82, 2.24) is 10.3 Å². The van der Waals surface area contributed by atoms with Gasteiger partial charge in [-0.1, -0.05) is 26.0 Å². The number of ether oxygens (including phenoxy) is 2. The topological polar surface area (TPSA) is 60.5 Å². The number of rotatable bonds is 8. The molecule has 5 nitrogen and oxygen atoms in total. The van der Waals surface area contributed by atoms with Crippen LogP contribution in [0, 0.1) is 5.92 Å². The molecule has 1 atom stereocenters. The molecule has 1 N–H and O–H groups in total. The van der Waals surface area contributed by atoms with E-state index in [1.165, 1.54) is 0 Å². The van der Waals surface area contributed by atoms with Crippen molar-refractivity contribution in [3.8, 4) is 11.6 Å². The van der Waals surface area contributed by atoms with Gasteiger partial charge in [0.25, 0.3) is 5.91 Å². The van der Waals surface area contributed by atoms with Gasteiger partial charge in [0.15, 0.2) is 0 Å². The van der Waals surface area contributed by atoms with Gasteiger partial charge >= 0.3 is 0 Å². The second kappa shape index (κ2) is 9.06. The number of amides is 1. The molecule has 0 spiro atoms. The molecule has 0 aliphatic carbocycles. The van der Waals surface area contributed by atoms with Crippen LogP contribution >= 0.6 is 0 Å². The van der Waals surface area contributed by atoms with Gasteiger partial charge in [-0.25, -0.2) is 4.98 Å². The summed E-state index contributed by atoms with van der Waals surface area (Å²) in [5.74, 6) is 1.53. The first-order chi connectivity index (χ1) is 12.0. The molecule has 134 valence electrons. The summed E-state index contributed by atoms with van der Waals surface area (Å²) in [6, 6.07) is 10.9. The number of pyridine rings is 1. The molecule has 0 saturated heterocycles. The largest absolute Gasteiger partial charge is 0.496 e. The summed E-state index contributed by atoms with van der Waals surface area (Å²) in [4.78, 5) is 16.6. The monoisotopic (exact) mass is 342 g/mol. The molecule has 25 heavy (non-hydrogen) atoms. The van der Waals surface area contributed by atoms with E-state index in [0.717, 1.165) is 12.0 Å². The fourth-order valence-electron chi connectivity index (χ4n) is 2.65. The third-order valence-electron chi connectivity index (χ3n) is 3.73. The number of methoxy groups -OCH3 is 1. The van der Waals surface area contributed by atoms with E-state index in [9.17, 15) is 4.79 Å². The number of benzene rings is 1. The van der Waals surface area contributed by atoms with Crippen LogP contribution in [0.3, 0.4) is 0 Å². The molecule has 1 heterocycles. The summed E-state index contributed by atoms with van der Waals surface area (Å²) >= 11 is 0. The molecule has 1 amide bonds. The van der Waals surface area contributed by atoms with Gasteiger partial charge in [-0.2, -0.15) is 0 Å². The Morgan fingerprint density at radius 3 is 2.68 bits per heavy atom. The van der Waals surface area contributed by atoms with Crippen LogP contribution in [0.5, 0.6) is 11.6 Å². The van der Waals surface area contributed by atoms with Gasteiger partial charge in [-0.15, -0.1) is 0 Å². The SMILES string of the molecule is COc1ccccc1C(=O)NCc1ccnc(OC(C)CC(C)C)c1. The van der Waals surface area contributed by atoms with Crippen molar-refractivity contribution in [3.05, 3.63) is 53.7 Å². The van der Waals surface area contributed by atoms with E-state index in [4.69, 9.17) is 9.47 Å². The third kappa shape index (κ3) is 5.78. The fraction of sp³-hybridized carbons (Fsp3) is 0.400. The molecular formula is C20H26N2O3. The lowest BCUT2D eigenvalue weighted by atomic mass is 10.1. The van der Waals surface area contributed by atoms with Crippen molar-refractivity contribution < 1.29 is 14.3 Å². The maximum absolute atomic E-state index is 12.3. The molecule has 2 aromatic rings. The molecule has 0 aliphatic heterocycles. The molecule has 1 aromatic carbocycles.